The summed E-state index contributed by atoms with van der Waals surface area (Å²) in [5.74, 6) is -0.681. The van der Waals surface area contributed by atoms with Crippen LogP contribution in [0.25, 0.3) is 0 Å². The molecule has 0 bridgehead atoms. The first-order valence-electron chi connectivity index (χ1n) is 6.36. The predicted molar refractivity (Wildman–Crippen MR) is 74.2 cm³/mol. The van der Waals surface area contributed by atoms with Crippen molar-refractivity contribution in [3.05, 3.63) is 40.7 Å². The molecule has 1 saturated heterocycles. The number of rotatable bonds is 3. The van der Waals surface area contributed by atoms with Crippen LogP contribution in [0.2, 0.25) is 0 Å². The van der Waals surface area contributed by atoms with Crippen molar-refractivity contribution in [2.24, 2.45) is 0 Å². The summed E-state index contributed by atoms with van der Waals surface area (Å²) < 4.78 is 12.8. The van der Waals surface area contributed by atoms with Gasteiger partial charge in [-0.05, 0) is 43.7 Å². The van der Waals surface area contributed by atoms with Crippen LogP contribution in [0.5, 0.6) is 0 Å². The predicted octanol–water partition coefficient (Wildman–Crippen LogP) is 2.35. The number of hydrogen-bond donors (Lipinski definition) is 2. The zero-order chi connectivity index (χ0) is 13.9. The van der Waals surface area contributed by atoms with Gasteiger partial charge in [-0.3, -0.25) is 10.1 Å². The van der Waals surface area contributed by atoms with E-state index < -0.39 is 0 Å². The third-order valence-corrected chi connectivity index (χ3v) is 4.08. The molecule has 2 heterocycles. The summed E-state index contributed by atoms with van der Waals surface area (Å²) in [4.78, 5) is 11.9. The van der Waals surface area contributed by atoms with Crippen molar-refractivity contribution in [2.75, 3.05) is 11.9 Å². The van der Waals surface area contributed by atoms with Gasteiger partial charge in [-0.25, -0.2) is 4.39 Å². The zero-order valence-electron chi connectivity index (χ0n) is 10.6. The van der Waals surface area contributed by atoms with E-state index in [-0.39, 0.29) is 17.8 Å². The average Bonchev–Trinajstić information content (AvgIpc) is 3.09. The summed E-state index contributed by atoms with van der Waals surface area (Å²) in [6, 6.07) is 5.62. The molecule has 0 aliphatic carbocycles. The van der Waals surface area contributed by atoms with Crippen LogP contribution in [0.3, 0.4) is 0 Å². The largest absolute Gasteiger partial charge is 0.308 e. The lowest BCUT2D eigenvalue weighted by Gasteiger charge is -2.03. The normalized spacial score (nSPS) is 18.1. The molecule has 3 rings (SSSR count). The summed E-state index contributed by atoms with van der Waals surface area (Å²) in [6.45, 7) is 0.988. The number of hydrogen-bond acceptors (Lipinski definition) is 5. The molecular weight excluding hydrogens is 279 g/mol. The first-order chi connectivity index (χ1) is 9.72. The summed E-state index contributed by atoms with van der Waals surface area (Å²) in [6.07, 6.45) is 2.17. The number of nitrogens with one attached hydrogen (secondary N) is 2. The van der Waals surface area contributed by atoms with Crippen LogP contribution in [0.15, 0.2) is 24.3 Å². The Morgan fingerprint density at radius 3 is 2.85 bits per heavy atom. The number of anilines is 1. The van der Waals surface area contributed by atoms with Crippen molar-refractivity contribution in [1.82, 2.24) is 15.5 Å². The monoisotopic (exact) mass is 292 g/mol. The highest BCUT2D eigenvalue weighted by atomic mass is 32.1. The molecule has 20 heavy (non-hydrogen) atoms. The maximum atomic E-state index is 12.8. The lowest BCUT2D eigenvalue weighted by atomic mass is 10.2. The first kappa shape index (κ1) is 13.1. The number of benzene rings is 1. The van der Waals surface area contributed by atoms with Gasteiger partial charge >= 0.3 is 0 Å². The zero-order valence-corrected chi connectivity index (χ0v) is 11.4. The molecule has 0 spiro atoms. The molecule has 7 heteroatoms. The van der Waals surface area contributed by atoms with Gasteiger partial charge in [-0.1, -0.05) is 11.3 Å². The Kier molecular flexibility index (Phi) is 3.70. The van der Waals surface area contributed by atoms with Gasteiger partial charge in [0.05, 0.1) is 6.04 Å². The standard InChI is InChI=1S/C13H13FN4OS/c14-9-5-3-8(4-6-9)11(19)16-13-18-17-12(20-13)10-2-1-7-15-10/h3-6,10,15H,1-2,7H2,(H,16,18,19). The van der Waals surface area contributed by atoms with Crippen molar-refractivity contribution in [1.29, 1.82) is 0 Å². The van der Waals surface area contributed by atoms with Gasteiger partial charge in [0.15, 0.2) is 0 Å². The highest BCUT2D eigenvalue weighted by Gasteiger charge is 2.21. The molecule has 104 valence electrons. The topological polar surface area (TPSA) is 66.9 Å². The number of carbonyl (C=O) groups excluding carboxylic acids is 1. The first-order valence-corrected chi connectivity index (χ1v) is 7.18. The molecule has 1 fully saturated rings. The van der Waals surface area contributed by atoms with E-state index in [0.29, 0.717) is 10.7 Å². The Balaban J connectivity index is 1.68. The molecule has 1 aliphatic heterocycles. The third kappa shape index (κ3) is 2.83. The minimum atomic E-state index is -0.368. The van der Waals surface area contributed by atoms with Crippen LogP contribution in [0.1, 0.15) is 34.2 Å². The summed E-state index contributed by atoms with van der Waals surface area (Å²) >= 11 is 1.37. The molecule has 0 saturated carbocycles. The van der Waals surface area contributed by atoms with Crippen LogP contribution in [0.4, 0.5) is 9.52 Å². The van der Waals surface area contributed by atoms with E-state index in [1.807, 2.05) is 0 Å². The van der Waals surface area contributed by atoms with Crippen LogP contribution in [-0.4, -0.2) is 22.6 Å². The van der Waals surface area contributed by atoms with Crippen molar-refractivity contribution in [3.63, 3.8) is 0 Å². The summed E-state index contributed by atoms with van der Waals surface area (Å²) in [7, 11) is 0. The minimum absolute atomic E-state index is 0.240. The van der Waals surface area contributed by atoms with E-state index in [4.69, 9.17) is 0 Å². The van der Waals surface area contributed by atoms with Crippen LogP contribution in [-0.2, 0) is 0 Å². The number of amides is 1. The molecule has 1 aliphatic rings. The van der Waals surface area contributed by atoms with E-state index in [2.05, 4.69) is 20.8 Å². The molecule has 0 radical (unpaired) electrons. The molecule has 1 atom stereocenters. The molecule has 1 amide bonds. The highest BCUT2D eigenvalue weighted by Crippen LogP contribution is 2.27. The minimum Gasteiger partial charge on any atom is -0.308 e. The molecule has 1 unspecified atom stereocenters. The Labute approximate surface area is 119 Å². The Morgan fingerprint density at radius 1 is 1.35 bits per heavy atom. The van der Waals surface area contributed by atoms with Gasteiger partial charge in [-0.2, -0.15) is 0 Å². The fourth-order valence-electron chi connectivity index (χ4n) is 2.09. The van der Waals surface area contributed by atoms with E-state index >= 15 is 0 Å². The van der Waals surface area contributed by atoms with Crippen molar-refractivity contribution in [3.8, 4) is 0 Å². The number of aromatic nitrogens is 2. The fraction of sp³-hybridized carbons (Fsp3) is 0.308. The molecule has 1 aromatic carbocycles. The molecule has 2 N–H and O–H groups in total. The van der Waals surface area contributed by atoms with Gasteiger partial charge in [0.2, 0.25) is 5.13 Å². The van der Waals surface area contributed by atoms with E-state index in [0.717, 1.165) is 24.4 Å². The van der Waals surface area contributed by atoms with Gasteiger partial charge in [-0.15, -0.1) is 10.2 Å². The third-order valence-electron chi connectivity index (χ3n) is 3.13. The molecular formula is C13H13FN4OS. The number of nitrogens with zero attached hydrogens (tertiary/aromatic N) is 2. The van der Waals surface area contributed by atoms with Crippen LogP contribution >= 0.6 is 11.3 Å². The summed E-state index contributed by atoms with van der Waals surface area (Å²) in [5, 5.41) is 15.4. The van der Waals surface area contributed by atoms with Gasteiger partial charge in [0.25, 0.3) is 5.91 Å². The molecule has 2 aromatic rings. The second-order valence-electron chi connectivity index (χ2n) is 4.56. The number of carbonyl (C=O) groups is 1. The lowest BCUT2D eigenvalue weighted by molar-refractivity contribution is 0.102. The SMILES string of the molecule is O=C(Nc1nnc(C2CCCN2)s1)c1ccc(F)cc1. The highest BCUT2D eigenvalue weighted by molar-refractivity contribution is 7.15. The van der Waals surface area contributed by atoms with E-state index in [1.165, 1.54) is 35.6 Å². The van der Waals surface area contributed by atoms with Gasteiger partial charge in [0.1, 0.15) is 10.8 Å². The quantitative estimate of drug-likeness (QED) is 0.911. The van der Waals surface area contributed by atoms with Crippen molar-refractivity contribution < 1.29 is 9.18 Å². The maximum absolute atomic E-state index is 12.8. The Hall–Kier alpha value is -1.86. The van der Waals surface area contributed by atoms with Gasteiger partial charge < -0.3 is 5.32 Å². The average molecular weight is 292 g/mol. The van der Waals surface area contributed by atoms with Crippen molar-refractivity contribution >= 4 is 22.4 Å². The lowest BCUT2D eigenvalue weighted by Crippen LogP contribution is -2.12. The Bertz CT molecular complexity index is 607. The molecule has 1 aromatic heterocycles. The summed E-state index contributed by atoms with van der Waals surface area (Å²) in [5.41, 5.74) is 0.391. The van der Waals surface area contributed by atoms with Gasteiger partial charge in [0, 0.05) is 5.56 Å². The van der Waals surface area contributed by atoms with E-state index in [1.54, 1.807) is 0 Å². The van der Waals surface area contributed by atoms with Crippen LogP contribution < -0.4 is 10.6 Å². The second kappa shape index (κ2) is 5.64. The van der Waals surface area contributed by atoms with Crippen molar-refractivity contribution in [2.45, 2.75) is 18.9 Å². The van der Waals surface area contributed by atoms with Crippen LogP contribution in [0, 0.1) is 5.82 Å². The molecule has 5 nitrogen and oxygen atoms in total. The smallest absolute Gasteiger partial charge is 0.257 e. The second-order valence-corrected chi connectivity index (χ2v) is 5.56. The Morgan fingerprint density at radius 2 is 2.15 bits per heavy atom. The fourth-order valence-corrected chi connectivity index (χ4v) is 2.94. The maximum Gasteiger partial charge on any atom is 0.257 e. The number of halogens is 1. The van der Waals surface area contributed by atoms with E-state index in [9.17, 15) is 9.18 Å².